The molecular weight excluding hydrogens is 534 g/mol. The van der Waals surface area contributed by atoms with Crippen molar-refractivity contribution in [3.63, 3.8) is 0 Å². The van der Waals surface area contributed by atoms with E-state index in [2.05, 4.69) is 15.2 Å². The van der Waals surface area contributed by atoms with E-state index in [0.717, 1.165) is 24.3 Å². The first-order valence-electron chi connectivity index (χ1n) is 14.7. The minimum Gasteiger partial charge on any atom is -0.466 e. The monoisotopic (exact) mass is 569 g/mol. The number of esters is 1. The number of nitrogens with one attached hydrogen (secondary N) is 1. The number of amides is 2. The molecule has 6 rings (SSSR count). The number of carbonyl (C=O) groups is 3. The molecule has 2 bridgehead atoms. The number of rotatable bonds is 6. The van der Waals surface area contributed by atoms with Gasteiger partial charge in [-0.25, -0.2) is 0 Å². The molecule has 2 aromatic heterocycles. The summed E-state index contributed by atoms with van der Waals surface area (Å²) in [6.45, 7) is 5.19. The first kappa shape index (κ1) is 27.7. The summed E-state index contributed by atoms with van der Waals surface area (Å²) in [4.78, 5) is 59.5. The molecule has 10 heteroatoms. The molecule has 3 aliphatic heterocycles. The standard InChI is InChI=1S/C32H35N5O5/c1-2-42-32(41)23-10-14-35(15-11-23)31(40)24-6-7-28(26(17-24)34-30(39)22-8-12-33-13-9-22)36-18-21-16-25(20-36)27-4-3-5-29(38)37(27)19-21/h3-9,12-13,17,21,23,25H,2,10-11,14-16,18-20H2,1H3,(H,34,39)/t21-,25+/m1/s1. The van der Waals surface area contributed by atoms with E-state index in [4.69, 9.17) is 4.74 Å². The van der Waals surface area contributed by atoms with Crippen molar-refractivity contribution in [1.82, 2.24) is 14.5 Å². The van der Waals surface area contributed by atoms with Crippen molar-refractivity contribution >= 4 is 29.2 Å². The van der Waals surface area contributed by atoms with Gasteiger partial charge in [-0.2, -0.15) is 0 Å². The molecular formula is C32H35N5O5. The van der Waals surface area contributed by atoms with Crippen LogP contribution in [0.1, 0.15) is 58.5 Å². The molecule has 2 atom stereocenters. The van der Waals surface area contributed by atoms with E-state index in [9.17, 15) is 19.2 Å². The molecule has 42 heavy (non-hydrogen) atoms. The number of aromatic nitrogens is 2. The highest BCUT2D eigenvalue weighted by molar-refractivity contribution is 6.07. The van der Waals surface area contributed by atoms with E-state index in [0.29, 0.717) is 68.4 Å². The van der Waals surface area contributed by atoms with Gasteiger partial charge in [0.1, 0.15) is 0 Å². The Bertz CT molecular complexity index is 1550. The molecule has 2 fully saturated rings. The number of hydrogen-bond donors (Lipinski definition) is 1. The molecule has 0 saturated carbocycles. The lowest BCUT2D eigenvalue weighted by Crippen LogP contribution is -2.47. The number of anilines is 2. The smallest absolute Gasteiger partial charge is 0.309 e. The summed E-state index contributed by atoms with van der Waals surface area (Å²) in [6.07, 6.45) is 5.28. The van der Waals surface area contributed by atoms with E-state index in [1.807, 2.05) is 28.8 Å². The van der Waals surface area contributed by atoms with Crippen LogP contribution >= 0.6 is 0 Å². The van der Waals surface area contributed by atoms with Gasteiger partial charge in [-0.05, 0) is 68.5 Å². The van der Waals surface area contributed by atoms with Gasteiger partial charge < -0.3 is 24.4 Å². The Hall–Kier alpha value is -4.47. The summed E-state index contributed by atoms with van der Waals surface area (Å²) in [5, 5.41) is 3.06. The van der Waals surface area contributed by atoms with Gasteiger partial charge in [0.25, 0.3) is 17.4 Å². The third-order valence-corrected chi connectivity index (χ3v) is 8.66. The van der Waals surface area contributed by atoms with E-state index >= 15 is 0 Å². The van der Waals surface area contributed by atoms with Crippen LogP contribution < -0.4 is 15.8 Å². The second-order valence-corrected chi connectivity index (χ2v) is 11.3. The number of ether oxygens (including phenoxy) is 1. The largest absolute Gasteiger partial charge is 0.466 e. The Morgan fingerprint density at radius 1 is 0.976 bits per heavy atom. The fourth-order valence-electron chi connectivity index (χ4n) is 6.60. The highest BCUT2D eigenvalue weighted by Gasteiger charge is 2.36. The maximum absolute atomic E-state index is 13.6. The molecule has 2 saturated heterocycles. The number of benzene rings is 1. The zero-order chi connectivity index (χ0) is 29.2. The lowest BCUT2D eigenvalue weighted by Gasteiger charge is -2.44. The Morgan fingerprint density at radius 2 is 1.76 bits per heavy atom. The third-order valence-electron chi connectivity index (χ3n) is 8.66. The van der Waals surface area contributed by atoms with E-state index in [1.54, 1.807) is 48.5 Å². The van der Waals surface area contributed by atoms with Crippen LogP contribution in [0, 0.1) is 11.8 Å². The van der Waals surface area contributed by atoms with Crippen molar-refractivity contribution in [1.29, 1.82) is 0 Å². The van der Waals surface area contributed by atoms with Crippen molar-refractivity contribution in [3.8, 4) is 0 Å². The molecule has 5 heterocycles. The predicted molar refractivity (Wildman–Crippen MR) is 158 cm³/mol. The Labute approximate surface area is 244 Å². The van der Waals surface area contributed by atoms with Crippen molar-refractivity contribution < 1.29 is 19.1 Å². The molecule has 0 radical (unpaired) electrons. The fraction of sp³-hybridized carbons (Fsp3) is 0.406. The Balaban J connectivity index is 1.27. The van der Waals surface area contributed by atoms with Gasteiger partial charge in [-0.3, -0.25) is 24.2 Å². The topological polar surface area (TPSA) is 114 Å². The SMILES string of the molecule is CCOC(=O)C1CCN(C(=O)c2ccc(N3C[C@H]4C[C@@H](C3)c3cccc(=O)n3C4)c(NC(=O)c3ccncc3)c2)CC1. The highest BCUT2D eigenvalue weighted by atomic mass is 16.5. The van der Waals surface area contributed by atoms with E-state index in [1.165, 1.54) is 0 Å². The highest BCUT2D eigenvalue weighted by Crippen LogP contribution is 2.39. The molecule has 0 spiro atoms. The molecule has 10 nitrogen and oxygen atoms in total. The summed E-state index contributed by atoms with van der Waals surface area (Å²) >= 11 is 0. The molecule has 3 aromatic rings. The molecule has 2 amide bonds. The number of carbonyl (C=O) groups excluding carboxylic acids is 3. The van der Waals surface area contributed by atoms with Gasteiger partial charge in [-0.1, -0.05) is 6.07 Å². The van der Waals surface area contributed by atoms with Gasteiger partial charge in [-0.15, -0.1) is 0 Å². The van der Waals surface area contributed by atoms with Crippen LogP contribution in [0.4, 0.5) is 11.4 Å². The van der Waals surface area contributed by atoms with Crippen molar-refractivity contribution in [3.05, 3.63) is 88.1 Å². The summed E-state index contributed by atoms with van der Waals surface area (Å²) in [6, 6.07) is 14.3. The van der Waals surface area contributed by atoms with Crippen molar-refractivity contribution in [2.24, 2.45) is 11.8 Å². The average Bonchev–Trinajstić information content (AvgIpc) is 3.02. The summed E-state index contributed by atoms with van der Waals surface area (Å²) in [5.41, 5.74) is 3.44. The van der Waals surface area contributed by atoms with Crippen LogP contribution in [0.15, 0.2) is 65.7 Å². The lowest BCUT2D eigenvalue weighted by atomic mass is 9.83. The number of nitrogens with zero attached hydrogens (tertiary/aromatic N) is 4. The predicted octanol–water partition coefficient (Wildman–Crippen LogP) is 3.53. The Kier molecular flexibility index (Phi) is 7.78. The molecule has 3 aliphatic rings. The summed E-state index contributed by atoms with van der Waals surface area (Å²) in [7, 11) is 0. The maximum Gasteiger partial charge on any atom is 0.309 e. The van der Waals surface area contributed by atoms with Crippen LogP contribution in [0.2, 0.25) is 0 Å². The van der Waals surface area contributed by atoms with Gasteiger partial charge >= 0.3 is 5.97 Å². The van der Waals surface area contributed by atoms with Gasteiger partial charge in [0.15, 0.2) is 0 Å². The molecule has 218 valence electrons. The summed E-state index contributed by atoms with van der Waals surface area (Å²) in [5.74, 6) is -0.320. The first-order valence-corrected chi connectivity index (χ1v) is 14.7. The number of piperidine rings is 2. The zero-order valence-corrected chi connectivity index (χ0v) is 23.7. The van der Waals surface area contributed by atoms with Crippen LogP contribution in [0.5, 0.6) is 0 Å². The average molecular weight is 570 g/mol. The minimum atomic E-state index is -0.285. The second kappa shape index (κ2) is 11.8. The maximum atomic E-state index is 13.6. The number of pyridine rings is 2. The van der Waals surface area contributed by atoms with Crippen molar-refractivity contribution in [2.45, 2.75) is 38.6 Å². The van der Waals surface area contributed by atoms with E-state index < -0.39 is 0 Å². The van der Waals surface area contributed by atoms with Crippen LogP contribution in [0.25, 0.3) is 0 Å². The van der Waals surface area contributed by atoms with Crippen LogP contribution in [-0.4, -0.2) is 65.0 Å². The lowest BCUT2D eigenvalue weighted by molar-refractivity contribution is -0.149. The first-order chi connectivity index (χ1) is 20.4. The summed E-state index contributed by atoms with van der Waals surface area (Å²) < 4.78 is 7.06. The number of hydrogen-bond acceptors (Lipinski definition) is 7. The van der Waals surface area contributed by atoms with Crippen LogP contribution in [-0.2, 0) is 16.1 Å². The second-order valence-electron chi connectivity index (χ2n) is 11.3. The molecule has 0 unspecified atom stereocenters. The third kappa shape index (κ3) is 5.53. The Morgan fingerprint density at radius 3 is 2.52 bits per heavy atom. The van der Waals surface area contributed by atoms with E-state index in [-0.39, 0.29) is 35.2 Å². The van der Waals surface area contributed by atoms with Gasteiger partial charge in [0.2, 0.25) is 0 Å². The zero-order valence-electron chi connectivity index (χ0n) is 23.7. The normalized spacial score (nSPS) is 20.0. The molecule has 1 N–H and O–H groups in total. The fourth-order valence-corrected chi connectivity index (χ4v) is 6.60. The number of fused-ring (bicyclic) bond motifs is 4. The minimum absolute atomic E-state index is 0.0371. The molecule has 1 aromatic carbocycles. The number of likely N-dealkylation sites (tertiary alicyclic amines) is 1. The quantitative estimate of drug-likeness (QED) is 0.452. The molecule has 0 aliphatic carbocycles. The van der Waals surface area contributed by atoms with Crippen LogP contribution in [0.3, 0.4) is 0 Å². The van der Waals surface area contributed by atoms with Crippen molar-refractivity contribution in [2.75, 3.05) is 43.0 Å². The van der Waals surface area contributed by atoms with Gasteiger partial charge in [0.05, 0.1) is 23.9 Å². The van der Waals surface area contributed by atoms with Gasteiger partial charge in [0, 0.05) is 73.9 Å².